The number of aldehydes is 1. The van der Waals surface area contributed by atoms with Gasteiger partial charge in [-0.05, 0) is 44.0 Å². The number of hydrogen-bond donors (Lipinski definition) is 0. The Morgan fingerprint density at radius 3 is 2.70 bits per heavy atom. The normalized spacial score (nSPS) is 10.6. The number of benzene rings is 1. The van der Waals surface area contributed by atoms with Gasteiger partial charge in [0.2, 0.25) is 0 Å². The molecule has 0 aliphatic rings. The molecule has 0 amide bonds. The smallest absolute Gasteiger partial charge is 0.150 e. The summed E-state index contributed by atoms with van der Waals surface area (Å²) < 4.78 is 7.18. The van der Waals surface area contributed by atoms with Gasteiger partial charge >= 0.3 is 0 Å². The van der Waals surface area contributed by atoms with Gasteiger partial charge in [-0.25, -0.2) is 0 Å². The van der Waals surface area contributed by atoms with Gasteiger partial charge in [-0.15, -0.1) is 0 Å². The van der Waals surface area contributed by atoms with E-state index < -0.39 is 0 Å². The van der Waals surface area contributed by atoms with E-state index in [9.17, 15) is 4.79 Å². The summed E-state index contributed by atoms with van der Waals surface area (Å²) in [6.07, 6.45) is 1.90. The predicted molar refractivity (Wildman–Crippen MR) is 79.4 cm³/mol. The summed E-state index contributed by atoms with van der Waals surface area (Å²) in [5.41, 5.74) is 4.63. The van der Waals surface area contributed by atoms with Crippen LogP contribution in [0.5, 0.6) is 5.75 Å². The number of nitrogens with zero attached hydrogens (tertiary/aromatic N) is 2. The zero-order chi connectivity index (χ0) is 14.7. The first-order chi connectivity index (χ1) is 9.62. The molecule has 0 bridgehead atoms. The fourth-order valence-electron chi connectivity index (χ4n) is 2.51. The molecule has 0 spiro atoms. The molecule has 2 aromatic rings. The number of rotatable bonds is 5. The highest BCUT2D eigenvalue weighted by molar-refractivity contribution is 5.89. The van der Waals surface area contributed by atoms with Gasteiger partial charge < -0.3 is 4.74 Å². The lowest BCUT2D eigenvalue weighted by atomic mass is 9.98. The molecule has 0 unspecified atom stereocenters. The van der Waals surface area contributed by atoms with Gasteiger partial charge in [0.05, 0.1) is 12.8 Å². The van der Waals surface area contributed by atoms with E-state index in [1.807, 2.05) is 30.7 Å². The molecular formula is C16H20N2O2. The zero-order valence-corrected chi connectivity index (χ0v) is 12.4. The minimum Gasteiger partial charge on any atom is -0.497 e. The van der Waals surface area contributed by atoms with Gasteiger partial charge in [0.1, 0.15) is 5.75 Å². The average Bonchev–Trinajstić information content (AvgIpc) is 2.73. The molecule has 0 atom stereocenters. The van der Waals surface area contributed by atoms with Crippen molar-refractivity contribution in [3.63, 3.8) is 0 Å². The van der Waals surface area contributed by atoms with Crippen LogP contribution in [0.15, 0.2) is 18.2 Å². The third kappa shape index (κ3) is 2.46. The van der Waals surface area contributed by atoms with Gasteiger partial charge in [-0.2, -0.15) is 5.10 Å². The largest absolute Gasteiger partial charge is 0.497 e. The molecule has 1 aromatic heterocycles. The van der Waals surface area contributed by atoms with Crippen molar-refractivity contribution in [2.24, 2.45) is 0 Å². The highest BCUT2D eigenvalue weighted by atomic mass is 16.5. The van der Waals surface area contributed by atoms with Crippen LogP contribution in [0.25, 0.3) is 11.1 Å². The molecule has 4 nitrogen and oxygen atoms in total. The predicted octanol–water partition coefficient (Wildman–Crippen LogP) is 3.40. The molecule has 0 aliphatic carbocycles. The van der Waals surface area contributed by atoms with Crippen molar-refractivity contribution < 1.29 is 9.53 Å². The van der Waals surface area contributed by atoms with E-state index in [-0.39, 0.29) is 0 Å². The Hall–Kier alpha value is -2.10. The Bertz CT molecular complexity index is 630. The monoisotopic (exact) mass is 272 g/mol. The van der Waals surface area contributed by atoms with Gasteiger partial charge in [0.15, 0.2) is 6.29 Å². The molecule has 0 saturated carbocycles. The summed E-state index contributed by atoms with van der Waals surface area (Å²) >= 11 is 0. The Kier molecular flexibility index (Phi) is 4.23. The first kappa shape index (κ1) is 14.3. The standard InChI is InChI=1S/C16H20N2O2/c1-5-8-18-12(3)16(11(2)17-18)15-7-6-14(20-4)9-13(15)10-19/h6-7,9-10H,5,8H2,1-4H3. The van der Waals surface area contributed by atoms with E-state index in [0.717, 1.165) is 41.8 Å². The van der Waals surface area contributed by atoms with Crippen LogP contribution in [0.4, 0.5) is 0 Å². The van der Waals surface area contributed by atoms with Crippen LogP contribution < -0.4 is 4.74 Å². The highest BCUT2D eigenvalue weighted by Crippen LogP contribution is 2.31. The summed E-state index contributed by atoms with van der Waals surface area (Å²) in [5, 5.41) is 4.56. The molecular weight excluding hydrogens is 252 g/mol. The van der Waals surface area contributed by atoms with Gasteiger partial charge in [-0.3, -0.25) is 9.48 Å². The van der Waals surface area contributed by atoms with Crippen LogP contribution in [0.3, 0.4) is 0 Å². The molecule has 106 valence electrons. The van der Waals surface area contributed by atoms with Crippen molar-refractivity contribution in [3.8, 4) is 16.9 Å². The maximum atomic E-state index is 11.3. The van der Waals surface area contributed by atoms with Gasteiger partial charge in [0, 0.05) is 23.4 Å². The molecule has 1 aromatic carbocycles. The van der Waals surface area contributed by atoms with Crippen molar-refractivity contribution in [2.45, 2.75) is 33.7 Å². The lowest BCUT2D eigenvalue weighted by Gasteiger charge is -2.08. The van der Waals surface area contributed by atoms with E-state index in [1.165, 1.54) is 0 Å². The summed E-state index contributed by atoms with van der Waals surface area (Å²) in [7, 11) is 1.60. The van der Waals surface area contributed by atoms with Crippen molar-refractivity contribution in [1.82, 2.24) is 9.78 Å². The number of carbonyl (C=O) groups is 1. The van der Waals surface area contributed by atoms with E-state index in [4.69, 9.17) is 4.74 Å². The topological polar surface area (TPSA) is 44.1 Å². The number of methoxy groups -OCH3 is 1. The molecule has 1 heterocycles. The molecule has 0 fully saturated rings. The van der Waals surface area contributed by atoms with Gasteiger partial charge in [0.25, 0.3) is 0 Å². The second-order valence-corrected chi connectivity index (χ2v) is 4.84. The summed E-state index contributed by atoms with van der Waals surface area (Å²) in [6, 6.07) is 5.56. The van der Waals surface area contributed by atoms with Crippen LogP contribution in [0.2, 0.25) is 0 Å². The van der Waals surface area contributed by atoms with Crippen molar-refractivity contribution in [3.05, 3.63) is 35.2 Å². The average molecular weight is 272 g/mol. The molecule has 0 aliphatic heterocycles. The Morgan fingerprint density at radius 2 is 2.10 bits per heavy atom. The van der Waals surface area contributed by atoms with Crippen LogP contribution in [0.1, 0.15) is 35.1 Å². The molecule has 0 saturated heterocycles. The van der Waals surface area contributed by atoms with E-state index >= 15 is 0 Å². The van der Waals surface area contributed by atoms with E-state index in [0.29, 0.717) is 11.3 Å². The molecule has 4 heteroatoms. The second-order valence-electron chi connectivity index (χ2n) is 4.84. The number of ether oxygens (including phenoxy) is 1. The number of hydrogen-bond acceptors (Lipinski definition) is 3. The van der Waals surface area contributed by atoms with Crippen molar-refractivity contribution in [2.75, 3.05) is 7.11 Å². The molecule has 0 radical (unpaired) electrons. The lowest BCUT2D eigenvalue weighted by Crippen LogP contribution is -2.01. The summed E-state index contributed by atoms with van der Waals surface area (Å²) in [4.78, 5) is 11.3. The van der Waals surface area contributed by atoms with Crippen molar-refractivity contribution in [1.29, 1.82) is 0 Å². The third-order valence-corrected chi connectivity index (χ3v) is 3.47. The molecule has 0 N–H and O–H groups in total. The summed E-state index contributed by atoms with van der Waals surface area (Å²) in [5.74, 6) is 0.687. The highest BCUT2D eigenvalue weighted by Gasteiger charge is 2.16. The number of carbonyl (C=O) groups excluding carboxylic acids is 1. The number of aromatic nitrogens is 2. The number of aryl methyl sites for hydroxylation is 2. The van der Waals surface area contributed by atoms with Crippen LogP contribution in [-0.4, -0.2) is 23.2 Å². The van der Waals surface area contributed by atoms with Crippen molar-refractivity contribution >= 4 is 6.29 Å². The third-order valence-electron chi connectivity index (χ3n) is 3.47. The first-order valence-electron chi connectivity index (χ1n) is 6.80. The van der Waals surface area contributed by atoms with E-state index in [1.54, 1.807) is 13.2 Å². The van der Waals surface area contributed by atoms with Crippen LogP contribution in [0, 0.1) is 13.8 Å². The van der Waals surface area contributed by atoms with Crippen LogP contribution >= 0.6 is 0 Å². The Labute approximate surface area is 119 Å². The minimum atomic E-state index is 0.631. The van der Waals surface area contributed by atoms with Gasteiger partial charge in [-0.1, -0.05) is 6.92 Å². The maximum Gasteiger partial charge on any atom is 0.150 e. The lowest BCUT2D eigenvalue weighted by molar-refractivity contribution is 0.112. The molecule has 20 heavy (non-hydrogen) atoms. The quantitative estimate of drug-likeness (QED) is 0.784. The molecule has 2 rings (SSSR count). The SMILES string of the molecule is CCCn1nc(C)c(-c2ccc(OC)cc2C=O)c1C. The van der Waals surface area contributed by atoms with E-state index in [2.05, 4.69) is 12.0 Å². The zero-order valence-electron chi connectivity index (χ0n) is 12.4. The minimum absolute atomic E-state index is 0.631. The Morgan fingerprint density at radius 1 is 1.35 bits per heavy atom. The first-order valence-corrected chi connectivity index (χ1v) is 6.80. The Balaban J connectivity index is 2.59. The maximum absolute atomic E-state index is 11.3. The van der Waals surface area contributed by atoms with Crippen LogP contribution in [-0.2, 0) is 6.54 Å². The summed E-state index contributed by atoms with van der Waals surface area (Å²) in [6.45, 7) is 7.04. The second kappa shape index (κ2) is 5.90. The fourth-order valence-corrected chi connectivity index (χ4v) is 2.51. The fraction of sp³-hybridized carbons (Fsp3) is 0.375.